The van der Waals surface area contributed by atoms with Gasteiger partial charge in [-0.05, 0) is 26.8 Å². The van der Waals surface area contributed by atoms with Gasteiger partial charge in [0.05, 0.1) is 5.69 Å². The van der Waals surface area contributed by atoms with Gasteiger partial charge in [0.15, 0.2) is 0 Å². The molecule has 0 aliphatic rings. The molecule has 3 heteroatoms. The van der Waals surface area contributed by atoms with Crippen molar-refractivity contribution in [1.29, 1.82) is 0 Å². The average molecular weight is 167 g/mol. The van der Waals surface area contributed by atoms with E-state index in [-0.39, 0.29) is 6.04 Å². The third kappa shape index (κ3) is 2.08. The highest BCUT2D eigenvalue weighted by molar-refractivity contribution is 5.09. The zero-order valence-corrected chi connectivity index (χ0v) is 8.04. The molecule has 0 saturated heterocycles. The first-order valence-electron chi connectivity index (χ1n) is 4.42. The lowest BCUT2D eigenvalue weighted by Crippen LogP contribution is -2.20. The van der Waals surface area contributed by atoms with Crippen LogP contribution >= 0.6 is 0 Å². The van der Waals surface area contributed by atoms with Gasteiger partial charge in [0.1, 0.15) is 0 Å². The van der Waals surface area contributed by atoms with E-state index in [9.17, 15) is 0 Å². The van der Waals surface area contributed by atoms with Gasteiger partial charge in [-0.1, -0.05) is 0 Å². The van der Waals surface area contributed by atoms with Gasteiger partial charge in [0.2, 0.25) is 0 Å². The average Bonchev–Trinajstić information content (AvgIpc) is 2.29. The fourth-order valence-electron chi connectivity index (χ4n) is 1.37. The SMILES string of the molecule is CCn1nc(C)cc1CC(C)N. The molecule has 0 amide bonds. The molecule has 2 N–H and O–H groups in total. The first-order valence-corrected chi connectivity index (χ1v) is 4.42. The van der Waals surface area contributed by atoms with Crippen molar-refractivity contribution in [2.24, 2.45) is 5.73 Å². The molecular formula is C9H17N3. The minimum atomic E-state index is 0.214. The zero-order chi connectivity index (χ0) is 9.14. The molecule has 1 atom stereocenters. The van der Waals surface area contributed by atoms with Crippen molar-refractivity contribution < 1.29 is 0 Å². The predicted molar refractivity (Wildman–Crippen MR) is 50.0 cm³/mol. The molecule has 1 rings (SSSR count). The van der Waals surface area contributed by atoms with Crippen LogP contribution < -0.4 is 5.73 Å². The van der Waals surface area contributed by atoms with Gasteiger partial charge in [-0.25, -0.2) is 0 Å². The summed E-state index contributed by atoms with van der Waals surface area (Å²) in [6.07, 6.45) is 0.911. The molecule has 3 nitrogen and oxygen atoms in total. The van der Waals surface area contributed by atoms with Crippen molar-refractivity contribution in [2.75, 3.05) is 0 Å². The summed E-state index contributed by atoms with van der Waals surface area (Å²) in [7, 11) is 0. The Labute approximate surface area is 73.6 Å². The van der Waals surface area contributed by atoms with Gasteiger partial charge in [-0.3, -0.25) is 4.68 Å². The highest BCUT2D eigenvalue weighted by atomic mass is 15.3. The molecule has 0 spiro atoms. The summed E-state index contributed by atoms with van der Waals surface area (Å²) in [6, 6.07) is 2.32. The second-order valence-corrected chi connectivity index (χ2v) is 3.27. The second-order valence-electron chi connectivity index (χ2n) is 3.27. The molecule has 0 fully saturated rings. The van der Waals surface area contributed by atoms with Gasteiger partial charge in [0.25, 0.3) is 0 Å². The van der Waals surface area contributed by atoms with Gasteiger partial charge in [-0.15, -0.1) is 0 Å². The minimum absolute atomic E-state index is 0.214. The molecule has 68 valence electrons. The summed E-state index contributed by atoms with van der Waals surface area (Å²) >= 11 is 0. The van der Waals surface area contributed by atoms with E-state index in [1.165, 1.54) is 5.69 Å². The second kappa shape index (κ2) is 3.72. The van der Waals surface area contributed by atoms with Crippen molar-refractivity contribution in [3.63, 3.8) is 0 Å². The van der Waals surface area contributed by atoms with Crippen LogP contribution in [0.3, 0.4) is 0 Å². The molecule has 0 bridgehead atoms. The Morgan fingerprint density at radius 2 is 2.33 bits per heavy atom. The Kier molecular flexibility index (Phi) is 2.87. The normalized spacial score (nSPS) is 13.3. The molecule has 0 saturated carbocycles. The highest BCUT2D eigenvalue weighted by Gasteiger charge is 2.05. The van der Waals surface area contributed by atoms with Crippen LogP contribution in [0, 0.1) is 6.92 Å². The van der Waals surface area contributed by atoms with E-state index >= 15 is 0 Å². The van der Waals surface area contributed by atoms with E-state index < -0.39 is 0 Å². The number of hydrogen-bond acceptors (Lipinski definition) is 2. The number of nitrogens with zero attached hydrogens (tertiary/aromatic N) is 2. The Morgan fingerprint density at radius 3 is 2.83 bits per heavy atom. The Bertz CT molecular complexity index is 250. The number of aryl methyl sites for hydroxylation is 2. The van der Waals surface area contributed by atoms with Crippen LogP contribution in [0.1, 0.15) is 25.2 Å². The van der Waals surface area contributed by atoms with Gasteiger partial charge >= 0.3 is 0 Å². The molecule has 12 heavy (non-hydrogen) atoms. The van der Waals surface area contributed by atoms with Crippen LogP contribution in [0.4, 0.5) is 0 Å². The van der Waals surface area contributed by atoms with Crippen LogP contribution in [-0.4, -0.2) is 15.8 Å². The first kappa shape index (κ1) is 9.26. The molecular weight excluding hydrogens is 150 g/mol. The largest absolute Gasteiger partial charge is 0.328 e. The summed E-state index contributed by atoms with van der Waals surface area (Å²) in [5, 5.41) is 4.34. The lowest BCUT2D eigenvalue weighted by molar-refractivity contribution is 0.592. The minimum Gasteiger partial charge on any atom is -0.328 e. The van der Waals surface area contributed by atoms with Crippen LogP contribution in [0.25, 0.3) is 0 Å². The number of hydrogen-bond donors (Lipinski definition) is 1. The number of aromatic nitrogens is 2. The highest BCUT2D eigenvalue weighted by Crippen LogP contribution is 2.05. The van der Waals surface area contributed by atoms with Crippen molar-refractivity contribution in [2.45, 2.75) is 39.8 Å². The Hall–Kier alpha value is -0.830. The molecule has 1 aromatic heterocycles. The molecule has 1 heterocycles. The standard InChI is InChI=1S/C9H17N3/c1-4-12-9(5-7(2)10)6-8(3)11-12/h6-7H,4-5,10H2,1-3H3. The lowest BCUT2D eigenvalue weighted by Gasteiger charge is -2.06. The maximum atomic E-state index is 5.72. The number of rotatable bonds is 3. The fourth-order valence-corrected chi connectivity index (χ4v) is 1.37. The third-order valence-electron chi connectivity index (χ3n) is 1.82. The smallest absolute Gasteiger partial charge is 0.0596 e. The maximum absolute atomic E-state index is 5.72. The van der Waals surface area contributed by atoms with Crippen LogP contribution in [-0.2, 0) is 13.0 Å². The Balaban J connectivity index is 2.81. The van der Waals surface area contributed by atoms with Crippen LogP contribution in [0.15, 0.2) is 6.07 Å². The van der Waals surface area contributed by atoms with E-state index in [2.05, 4.69) is 18.1 Å². The third-order valence-corrected chi connectivity index (χ3v) is 1.82. The fraction of sp³-hybridized carbons (Fsp3) is 0.667. The quantitative estimate of drug-likeness (QED) is 0.732. The molecule has 0 aliphatic heterocycles. The topological polar surface area (TPSA) is 43.8 Å². The summed E-state index contributed by atoms with van der Waals surface area (Å²) in [6.45, 7) is 7.05. The summed E-state index contributed by atoms with van der Waals surface area (Å²) < 4.78 is 2.01. The molecule has 1 aromatic rings. The molecule has 0 aliphatic carbocycles. The Morgan fingerprint density at radius 1 is 1.67 bits per heavy atom. The van der Waals surface area contributed by atoms with E-state index in [0.717, 1.165) is 18.7 Å². The monoisotopic (exact) mass is 167 g/mol. The molecule has 1 unspecified atom stereocenters. The molecule has 0 radical (unpaired) electrons. The maximum Gasteiger partial charge on any atom is 0.0596 e. The summed E-state index contributed by atoms with van der Waals surface area (Å²) in [5.41, 5.74) is 8.03. The van der Waals surface area contributed by atoms with Crippen LogP contribution in [0.5, 0.6) is 0 Å². The lowest BCUT2D eigenvalue weighted by atomic mass is 10.2. The molecule has 0 aromatic carbocycles. The van der Waals surface area contributed by atoms with E-state index in [0.29, 0.717) is 0 Å². The summed E-state index contributed by atoms with van der Waals surface area (Å²) in [4.78, 5) is 0. The predicted octanol–water partition coefficient (Wildman–Crippen LogP) is 1.10. The van der Waals surface area contributed by atoms with E-state index in [1.807, 2.05) is 18.5 Å². The first-order chi connectivity index (χ1) is 5.63. The van der Waals surface area contributed by atoms with Gasteiger partial charge in [-0.2, -0.15) is 5.10 Å². The zero-order valence-electron chi connectivity index (χ0n) is 8.04. The van der Waals surface area contributed by atoms with Crippen molar-refractivity contribution in [3.05, 3.63) is 17.5 Å². The van der Waals surface area contributed by atoms with Gasteiger partial charge in [0, 0.05) is 24.7 Å². The van der Waals surface area contributed by atoms with E-state index in [1.54, 1.807) is 0 Å². The van der Waals surface area contributed by atoms with Gasteiger partial charge < -0.3 is 5.73 Å². The van der Waals surface area contributed by atoms with Crippen molar-refractivity contribution >= 4 is 0 Å². The summed E-state index contributed by atoms with van der Waals surface area (Å²) in [5.74, 6) is 0. The van der Waals surface area contributed by atoms with Crippen LogP contribution in [0.2, 0.25) is 0 Å². The van der Waals surface area contributed by atoms with Crippen molar-refractivity contribution in [1.82, 2.24) is 9.78 Å². The van der Waals surface area contributed by atoms with Crippen molar-refractivity contribution in [3.8, 4) is 0 Å². The van der Waals surface area contributed by atoms with E-state index in [4.69, 9.17) is 5.73 Å². The number of nitrogens with two attached hydrogens (primary N) is 1.